The number of amides is 1. The molecule has 0 bridgehead atoms. The van der Waals surface area contributed by atoms with Crippen molar-refractivity contribution >= 4 is 5.91 Å². The largest absolute Gasteiger partial charge is 0.368 e. The lowest BCUT2D eigenvalue weighted by Crippen LogP contribution is -2.47. The smallest absolute Gasteiger partial charge is 0.235 e. The fraction of sp³-hybridized carbons (Fsp3) is 0.900. The molecule has 0 spiro atoms. The highest BCUT2D eigenvalue weighted by Crippen LogP contribution is 2.09. The fourth-order valence-corrected chi connectivity index (χ4v) is 1.90. The Kier molecular flexibility index (Phi) is 4.90. The Labute approximate surface area is 85.8 Å². The lowest BCUT2D eigenvalue weighted by Gasteiger charge is -2.23. The van der Waals surface area contributed by atoms with Gasteiger partial charge in [0.15, 0.2) is 0 Å². The highest BCUT2D eigenvalue weighted by molar-refractivity contribution is 5.80. The molecule has 1 heterocycles. The lowest BCUT2D eigenvalue weighted by molar-refractivity contribution is -0.120. The van der Waals surface area contributed by atoms with Crippen molar-refractivity contribution < 1.29 is 4.79 Å². The molecule has 1 amide bonds. The SMILES string of the molecule is CNC(CN1CCCCCC1)C(N)=O. The van der Waals surface area contributed by atoms with Gasteiger partial charge >= 0.3 is 0 Å². The lowest BCUT2D eigenvalue weighted by atomic mass is 10.2. The predicted molar refractivity (Wildman–Crippen MR) is 57.0 cm³/mol. The molecule has 4 nitrogen and oxygen atoms in total. The van der Waals surface area contributed by atoms with E-state index in [0.717, 1.165) is 19.6 Å². The average Bonchev–Trinajstić information content (AvgIpc) is 2.41. The zero-order valence-corrected chi connectivity index (χ0v) is 8.96. The van der Waals surface area contributed by atoms with Crippen LogP contribution in [-0.4, -0.2) is 43.5 Å². The third kappa shape index (κ3) is 3.64. The first kappa shape index (κ1) is 11.5. The molecule has 1 saturated heterocycles. The van der Waals surface area contributed by atoms with Crippen molar-refractivity contribution in [3.63, 3.8) is 0 Å². The monoisotopic (exact) mass is 199 g/mol. The van der Waals surface area contributed by atoms with Crippen LogP contribution in [0.1, 0.15) is 25.7 Å². The Balaban J connectivity index is 2.35. The number of nitrogens with one attached hydrogen (secondary N) is 1. The molecule has 1 fully saturated rings. The van der Waals surface area contributed by atoms with Gasteiger partial charge in [-0.25, -0.2) is 0 Å². The summed E-state index contributed by atoms with van der Waals surface area (Å²) in [5.74, 6) is -0.253. The minimum Gasteiger partial charge on any atom is -0.368 e. The van der Waals surface area contributed by atoms with Crippen LogP contribution in [0.2, 0.25) is 0 Å². The van der Waals surface area contributed by atoms with Crippen molar-refractivity contribution in [2.24, 2.45) is 5.73 Å². The number of hydrogen-bond acceptors (Lipinski definition) is 3. The average molecular weight is 199 g/mol. The number of nitrogens with two attached hydrogens (primary N) is 1. The summed E-state index contributed by atoms with van der Waals surface area (Å²) >= 11 is 0. The molecular formula is C10H21N3O. The third-order valence-corrected chi connectivity index (χ3v) is 2.83. The van der Waals surface area contributed by atoms with Crippen LogP contribution in [0.5, 0.6) is 0 Å². The topological polar surface area (TPSA) is 58.4 Å². The van der Waals surface area contributed by atoms with E-state index in [0.29, 0.717) is 0 Å². The van der Waals surface area contributed by atoms with E-state index in [1.165, 1.54) is 25.7 Å². The van der Waals surface area contributed by atoms with Gasteiger partial charge in [0.25, 0.3) is 0 Å². The Morgan fingerprint density at radius 2 is 1.93 bits per heavy atom. The van der Waals surface area contributed by atoms with Crippen LogP contribution in [0, 0.1) is 0 Å². The van der Waals surface area contributed by atoms with Gasteiger partial charge in [-0.3, -0.25) is 4.79 Å². The molecule has 0 saturated carbocycles. The minimum atomic E-state index is -0.253. The van der Waals surface area contributed by atoms with Crippen LogP contribution in [0.3, 0.4) is 0 Å². The molecule has 0 aliphatic carbocycles. The standard InChI is InChI=1S/C10H21N3O/c1-12-9(10(11)14)8-13-6-4-2-3-5-7-13/h9,12H,2-8H2,1H3,(H2,11,14). The normalized spacial score (nSPS) is 21.5. The molecule has 1 rings (SSSR count). The van der Waals surface area contributed by atoms with Gasteiger partial charge < -0.3 is 16.0 Å². The molecule has 1 unspecified atom stereocenters. The highest BCUT2D eigenvalue weighted by Gasteiger charge is 2.17. The molecule has 0 aromatic carbocycles. The molecule has 1 aliphatic heterocycles. The summed E-state index contributed by atoms with van der Waals surface area (Å²) in [5, 5.41) is 2.95. The van der Waals surface area contributed by atoms with Gasteiger partial charge in [-0.1, -0.05) is 12.8 Å². The van der Waals surface area contributed by atoms with E-state index in [1.807, 2.05) is 0 Å². The Morgan fingerprint density at radius 3 is 2.36 bits per heavy atom. The molecule has 1 atom stereocenters. The van der Waals surface area contributed by atoms with Crippen LogP contribution in [0.25, 0.3) is 0 Å². The zero-order valence-electron chi connectivity index (χ0n) is 8.96. The zero-order chi connectivity index (χ0) is 10.4. The van der Waals surface area contributed by atoms with E-state index in [-0.39, 0.29) is 11.9 Å². The summed E-state index contributed by atoms with van der Waals surface area (Å²) in [6, 6.07) is -0.201. The summed E-state index contributed by atoms with van der Waals surface area (Å²) in [4.78, 5) is 13.4. The van der Waals surface area contributed by atoms with Crippen molar-refractivity contribution in [2.45, 2.75) is 31.7 Å². The second kappa shape index (κ2) is 5.98. The van der Waals surface area contributed by atoms with Gasteiger partial charge in [0.2, 0.25) is 5.91 Å². The van der Waals surface area contributed by atoms with Gasteiger partial charge in [0.05, 0.1) is 6.04 Å². The van der Waals surface area contributed by atoms with Gasteiger partial charge in [-0.15, -0.1) is 0 Å². The summed E-state index contributed by atoms with van der Waals surface area (Å²) in [7, 11) is 1.78. The molecule has 0 aromatic heterocycles. The summed E-state index contributed by atoms with van der Waals surface area (Å²) in [6.45, 7) is 2.96. The number of carbonyl (C=O) groups is 1. The number of hydrogen-bond donors (Lipinski definition) is 2. The maximum absolute atomic E-state index is 11.0. The number of likely N-dealkylation sites (N-methyl/N-ethyl adjacent to an activating group) is 1. The number of primary amides is 1. The first-order valence-corrected chi connectivity index (χ1v) is 5.43. The number of rotatable bonds is 4. The summed E-state index contributed by atoms with van der Waals surface area (Å²) in [6.07, 6.45) is 5.12. The van der Waals surface area contributed by atoms with Gasteiger partial charge in [0.1, 0.15) is 0 Å². The van der Waals surface area contributed by atoms with Crippen molar-refractivity contribution in [1.29, 1.82) is 0 Å². The van der Waals surface area contributed by atoms with E-state index in [1.54, 1.807) is 7.05 Å². The highest BCUT2D eigenvalue weighted by atomic mass is 16.1. The molecule has 3 N–H and O–H groups in total. The second-order valence-electron chi connectivity index (χ2n) is 3.96. The predicted octanol–water partition coefficient (Wildman–Crippen LogP) is -0.0643. The van der Waals surface area contributed by atoms with Crippen LogP contribution in [0.4, 0.5) is 0 Å². The third-order valence-electron chi connectivity index (χ3n) is 2.83. The van der Waals surface area contributed by atoms with E-state index < -0.39 is 0 Å². The van der Waals surface area contributed by atoms with E-state index in [2.05, 4.69) is 10.2 Å². The first-order chi connectivity index (χ1) is 6.74. The maximum Gasteiger partial charge on any atom is 0.235 e. The molecule has 14 heavy (non-hydrogen) atoms. The minimum absolute atomic E-state index is 0.201. The van der Waals surface area contributed by atoms with Crippen LogP contribution in [0.15, 0.2) is 0 Å². The number of nitrogens with zero attached hydrogens (tertiary/aromatic N) is 1. The fourth-order valence-electron chi connectivity index (χ4n) is 1.90. The number of carbonyl (C=O) groups excluding carboxylic acids is 1. The molecule has 0 radical (unpaired) electrons. The molecule has 1 aliphatic rings. The Morgan fingerprint density at radius 1 is 1.36 bits per heavy atom. The van der Waals surface area contributed by atoms with Crippen molar-refractivity contribution in [3.05, 3.63) is 0 Å². The van der Waals surface area contributed by atoms with Crippen molar-refractivity contribution in [2.75, 3.05) is 26.7 Å². The Bertz CT molecular complexity index is 176. The molecule has 82 valence electrons. The van der Waals surface area contributed by atoms with E-state index >= 15 is 0 Å². The summed E-state index contributed by atoms with van der Waals surface area (Å²) < 4.78 is 0. The van der Waals surface area contributed by atoms with E-state index in [9.17, 15) is 4.79 Å². The van der Waals surface area contributed by atoms with Crippen LogP contribution >= 0.6 is 0 Å². The summed E-state index contributed by atoms with van der Waals surface area (Å²) in [5.41, 5.74) is 5.28. The van der Waals surface area contributed by atoms with Gasteiger partial charge in [-0.05, 0) is 33.0 Å². The van der Waals surface area contributed by atoms with Crippen LogP contribution < -0.4 is 11.1 Å². The van der Waals surface area contributed by atoms with Gasteiger partial charge in [-0.2, -0.15) is 0 Å². The quantitative estimate of drug-likeness (QED) is 0.666. The van der Waals surface area contributed by atoms with Gasteiger partial charge in [0, 0.05) is 6.54 Å². The second-order valence-corrected chi connectivity index (χ2v) is 3.96. The maximum atomic E-state index is 11.0. The van der Waals surface area contributed by atoms with Crippen molar-refractivity contribution in [3.8, 4) is 0 Å². The van der Waals surface area contributed by atoms with Crippen molar-refractivity contribution in [1.82, 2.24) is 10.2 Å². The molecule has 0 aromatic rings. The molecule has 4 heteroatoms. The number of likely N-dealkylation sites (tertiary alicyclic amines) is 1. The molecular weight excluding hydrogens is 178 g/mol. The first-order valence-electron chi connectivity index (χ1n) is 5.43. The van der Waals surface area contributed by atoms with Crippen LogP contribution in [-0.2, 0) is 4.79 Å². The Hall–Kier alpha value is -0.610. The van der Waals surface area contributed by atoms with E-state index in [4.69, 9.17) is 5.73 Å².